The van der Waals surface area contributed by atoms with Gasteiger partial charge in [0.2, 0.25) is 0 Å². The first kappa shape index (κ1) is 13.4. The molecule has 0 amide bonds. The lowest BCUT2D eigenvalue weighted by molar-refractivity contribution is 0.592. The van der Waals surface area contributed by atoms with Crippen LogP contribution in [0.1, 0.15) is 0 Å². The molecule has 1 N–H and O–H groups in total. The van der Waals surface area contributed by atoms with Crippen LogP contribution in [0.5, 0.6) is 0 Å². The molecule has 2 heterocycles. The molecule has 1 aromatic carbocycles. The summed E-state index contributed by atoms with van der Waals surface area (Å²) in [5.41, 5.74) is 0.852. The Balaban J connectivity index is 2.06. The number of nitrogens with one attached hydrogen (secondary N) is 1. The standard InChI is InChI=1S/C14H10FN3O2S/c15-11-7-12(9-16-8-11)21(19,20)18-13-5-1-3-10-4-2-6-17-14(10)13/h1-9,18H. The minimum Gasteiger partial charge on any atom is -0.277 e. The molecule has 0 saturated heterocycles. The van der Waals surface area contributed by atoms with E-state index in [0.29, 0.717) is 11.2 Å². The molecular weight excluding hydrogens is 293 g/mol. The third-order valence-electron chi connectivity index (χ3n) is 2.87. The zero-order valence-electron chi connectivity index (χ0n) is 10.7. The highest BCUT2D eigenvalue weighted by molar-refractivity contribution is 7.92. The Morgan fingerprint density at radius 2 is 1.90 bits per heavy atom. The quantitative estimate of drug-likeness (QED) is 0.807. The number of halogens is 1. The van der Waals surface area contributed by atoms with Crippen molar-refractivity contribution in [2.24, 2.45) is 0 Å². The molecule has 2 aromatic heterocycles. The molecule has 0 aliphatic carbocycles. The number of nitrogens with zero attached hydrogens (tertiary/aromatic N) is 2. The summed E-state index contributed by atoms with van der Waals surface area (Å²) in [7, 11) is -3.92. The maximum absolute atomic E-state index is 13.1. The molecule has 7 heteroatoms. The summed E-state index contributed by atoms with van der Waals surface area (Å²) in [6.45, 7) is 0. The Kier molecular flexibility index (Phi) is 3.26. The number of hydrogen-bond acceptors (Lipinski definition) is 4. The summed E-state index contributed by atoms with van der Waals surface area (Å²) in [4.78, 5) is 7.46. The normalized spacial score (nSPS) is 11.5. The maximum Gasteiger partial charge on any atom is 0.263 e. The fraction of sp³-hybridized carbons (Fsp3) is 0. The molecular formula is C14H10FN3O2S. The van der Waals surface area contributed by atoms with Crippen molar-refractivity contribution in [3.05, 3.63) is 60.8 Å². The Labute approximate surface area is 120 Å². The van der Waals surface area contributed by atoms with Crippen LogP contribution >= 0.6 is 0 Å². The van der Waals surface area contributed by atoms with E-state index in [1.165, 1.54) is 0 Å². The van der Waals surface area contributed by atoms with Crippen LogP contribution in [-0.2, 0) is 10.0 Å². The lowest BCUT2D eigenvalue weighted by atomic mass is 10.2. The number of aromatic nitrogens is 2. The molecule has 0 bridgehead atoms. The number of para-hydroxylation sites is 1. The molecule has 106 valence electrons. The topological polar surface area (TPSA) is 72.0 Å². The summed E-state index contributed by atoms with van der Waals surface area (Å²) in [6.07, 6.45) is 3.60. The van der Waals surface area contributed by atoms with E-state index < -0.39 is 15.8 Å². The second-order valence-corrected chi connectivity index (χ2v) is 6.01. The zero-order chi connectivity index (χ0) is 14.9. The molecule has 5 nitrogen and oxygen atoms in total. The first-order valence-electron chi connectivity index (χ1n) is 6.03. The maximum atomic E-state index is 13.1. The molecule has 0 aliphatic heterocycles. The van der Waals surface area contributed by atoms with Crippen molar-refractivity contribution in [1.82, 2.24) is 9.97 Å². The molecule has 3 aromatic rings. The summed E-state index contributed by atoms with van der Waals surface area (Å²) in [5, 5.41) is 0.801. The van der Waals surface area contributed by atoms with Crippen LogP contribution in [0.4, 0.5) is 10.1 Å². The van der Waals surface area contributed by atoms with Gasteiger partial charge in [-0.05, 0) is 18.2 Å². The van der Waals surface area contributed by atoms with E-state index in [4.69, 9.17) is 0 Å². The van der Waals surface area contributed by atoms with Crippen LogP contribution in [0.25, 0.3) is 10.9 Å². The van der Waals surface area contributed by atoms with Crippen molar-refractivity contribution >= 4 is 26.6 Å². The highest BCUT2D eigenvalue weighted by Gasteiger charge is 2.17. The van der Waals surface area contributed by atoms with E-state index >= 15 is 0 Å². The Morgan fingerprint density at radius 1 is 1.10 bits per heavy atom. The lowest BCUT2D eigenvalue weighted by Gasteiger charge is -2.09. The number of pyridine rings is 2. The Hall–Kier alpha value is -2.54. The van der Waals surface area contributed by atoms with Gasteiger partial charge in [0.1, 0.15) is 10.7 Å². The van der Waals surface area contributed by atoms with Gasteiger partial charge >= 0.3 is 0 Å². The summed E-state index contributed by atoms with van der Waals surface area (Å²) < 4.78 is 40.0. The molecule has 0 unspecified atom stereocenters. The van der Waals surface area contributed by atoms with Crippen LogP contribution in [0.3, 0.4) is 0 Å². The number of rotatable bonds is 3. The van der Waals surface area contributed by atoms with Gasteiger partial charge in [-0.25, -0.2) is 12.8 Å². The zero-order valence-corrected chi connectivity index (χ0v) is 11.5. The third-order valence-corrected chi connectivity index (χ3v) is 4.20. The molecule has 0 aliphatic rings. The Morgan fingerprint density at radius 3 is 2.71 bits per heavy atom. The largest absolute Gasteiger partial charge is 0.277 e. The lowest BCUT2D eigenvalue weighted by Crippen LogP contribution is -2.14. The molecule has 0 atom stereocenters. The number of fused-ring (bicyclic) bond motifs is 1. The van der Waals surface area contributed by atoms with Crippen molar-refractivity contribution in [2.45, 2.75) is 4.90 Å². The van der Waals surface area contributed by atoms with Crippen LogP contribution in [0.15, 0.2) is 59.9 Å². The molecule has 0 saturated carbocycles. The van der Waals surface area contributed by atoms with Crippen molar-refractivity contribution in [2.75, 3.05) is 4.72 Å². The van der Waals surface area contributed by atoms with E-state index in [9.17, 15) is 12.8 Å². The summed E-state index contributed by atoms with van der Waals surface area (Å²) >= 11 is 0. The van der Waals surface area contributed by atoms with E-state index in [2.05, 4.69) is 14.7 Å². The van der Waals surface area contributed by atoms with Gasteiger partial charge in [-0.15, -0.1) is 0 Å². The van der Waals surface area contributed by atoms with Crippen LogP contribution in [-0.4, -0.2) is 18.4 Å². The smallest absolute Gasteiger partial charge is 0.263 e. The van der Waals surface area contributed by atoms with Crippen LogP contribution < -0.4 is 4.72 Å². The van der Waals surface area contributed by atoms with Crippen molar-refractivity contribution in [3.8, 4) is 0 Å². The molecule has 0 fully saturated rings. The first-order chi connectivity index (χ1) is 10.1. The van der Waals surface area contributed by atoms with E-state index in [1.54, 1.807) is 24.4 Å². The van der Waals surface area contributed by atoms with Gasteiger partial charge < -0.3 is 0 Å². The van der Waals surface area contributed by atoms with Crippen molar-refractivity contribution in [1.29, 1.82) is 0 Å². The van der Waals surface area contributed by atoms with Gasteiger partial charge in [0, 0.05) is 17.8 Å². The van der Waals surface area contributed by atoms with Crippen molar-refractivity contribution in [3.63, 3.8) is 0 Å². The van der Waals surface area contributed by atoms with E-state index in [1.807, 2.05) is 12.1 Å². The van der Waals surface area contributed by atoms with Gasteiger partial charge in [-0.2, -0.15) is 0 Å². The fourth-order valence-corrected chi connectivity index (χ4v) is 2.97. The average Bonchev–Trinajstić information content (AvgIpc) is 2.47. The van der Waals surface area contributed by atoms with Gasteiger partial charge in [0.15, 0.2) is 0 Å². The second-order valence-electron chi connectivity index (χ2n) is 4.33. The second kappa shape index (κ2) is 5.10. The fourth-order valence-electron chi connectivity index (χ4n) is 1.93. The number of sulfonamides is 1. The molecule has 0 spiro atoms. The van der Waals surface area contributed by atoms with Gasteiger partial charge in [0.05, 0.1) is 17.4 Å². The third kappa shape index (κ3) is 2.68. The predicted octanol–water partition coefficient (Wildman–Crippen LogP) is 2.57. The van der Waals surface area contributed by atoms with Gasteiger partial charge in [-0.1, -0.05) is 18.2 Å². The number of hydrogen-bond donors (Lipinski definition) is 1. The Bertz CT molecular complexity index is 907. The number of anilines is 1. The number of benzene rings is 1. The highest BCUT2D eigenvalue weighted by Crippen LogP contribution is 2.23. The van der Waals surface area contributed by atoms with E-state index in [-0.39, 0.29) is 4.90 Å². The summed E-state index contributed by atoms with van der Waals surface area (Å²) in [5.74, 6) is -0.714. The van der Waals surface area contributed by atoms with E-state index in [0.717, 1.165) is 23.8 Å². The van der Waals surface area contributed by atoms with Crippen molar-refractivity contribution < 1.29 is 12.8 Å². The summed E-state index contributed by atoms with van der Waals surface area (Å²) in [6, 6.07) is 9.63. The molecule has 21 heavy (non-hydrogen) atoms. The minimum atomic E-state index is -3.92. The minimum absolute atomic E-state index is 0.240. The SMILES string of the molecule is O=S(=O)(Nc1cccc2cccnc12)c1cncc(F)c1. The highest BCUT2D eigenvalue weighted by atomic mass is 32.2. The predicted molar refractivity (Wildman–Crippen MR) is 76.7 cm³/mol. The monoisotopic (exact) mass is 303 g/mol. The molecule has 0 radical (unpaired) electrons. The average molecular weight is 303 g/mol. The van der Waals surface area contributed by atoms with Gasteiger partial charge in [-0.3, -0.25) is 14.7 Å². The first-order valence-corrected chi connectivity index (χ1v) is 7.52. The van der Waals surface area contributed by atoms with Crippen LogP contribution in [0, 0.1) is 5.82 Å². The molecule has 3 rings (SSSR count). The van der Waals surface area contributed by atoms with Gasteiger partial charge in [0.25, 0.3) is 10.0 Å². The van der Waals surface area contributed by atoms with Crippen LogP contribution in [0.2, 0.25) is 0 Å².